The Kier molecular flexibility index (Phi) is 7.60. The standard InChI is InChI=1S/C20H22N4O2S2/c1-12(2)14-4-6-15(7-5-14)18(26)24-20(28)23-17-10-8-16(9-11-17)22-19(27)21-13(3)25/h4-12H,1-3H3,(H2,21,22,25,27)(H2,23,24,26,28). The molecule has 0 heterocycles. The first-order valence-electron chi connectivity index (χ1n) is 8.65. The Morgan fingerprint density at radius 1 is 0.786 bits per heavy atom. The molecule has 0 bridgehead atoms. The van der Waals surface area contributed by atoms with Gasteiger partial charge in [0.2, 0.25) is 5.91 Å². The number of carbonyl (C=O) groups is 2. The van der Waals surface area contributed by atoms with Crippen molar-refractivity contribution in [1.82, 2.24) is 10.6 Å². The average Bonchev–Trinajstić information content (AvgIpc) is 2.62. The maximum Gasteiger partial charge on any atom is 0.257 e. The summed E-state index contributed by atoms with van der Waals surface area (Å²) in [6.07, 6.45) is 0. The predicted octanol–water partition coefficient (Wildman–Crippen LogP) is 3.77. The van der Waals surface area contributed by atoms with Gasteiger partial charge in [0.15, 0.2) is 10.2 Å². The normalized spacial score (nSPS) is 10.1. The van der Waals surface area contributed by atoms with Crippen molar-refractivity contribution in [2.24, 2.45) is 0 Å². The van der Waals surface area contributed by atoms with Crippen LogP contribution in [0.2, 0.25) is 0 Å². The fourth-order valence-electron chi connectivity index (χ4n) is 2.32. The van der Waals surface area contributed by atoms with E-state index in [1.165, 1.54) is 12.5 Å². The molecule has 0 spiro atoms. The van der Waals surface area contributed by atoms with Gasteiger partial charge in [-0.15, -0.1) is 0 Å². The molecule has 2 rings (SSSR count). The van der Waals surface area contributed by atoms with Gasteiger partial charge in [-0.05, 0) is 72.3 Å². The lowest BCUT2D eigenvalue weighted by atomic mass is 10.0. The van der Waals surface area contributed by atoms with Gasteiger partial charge in [0, 0.05) is 23.9 Å². The smallest absolute Gasteiger partial charge is 0.257 e. The van der Waals surface area contributed by atoms with Gasteiger partial charge in [-0.1, -0.05) is 26.0 Å². The van der Waals surface area contributed by atoms with Crippen molar-refractivity contribution < 1.29 is 9.59 Å². The molecule has 0 unspecified atom stereocenters. The number of hydrogen-bond donors (Lipinski definition) is 4. The molecule has 4 N–H and O–H groups in total. The van der Waals surface area contributed by atoms with Crippen LogP contribution in [-0.2, 0) is 4.79 Å². The van der Waals surface area contributed by atoms with Gasteiger partial charge in [-0.3, -0.25) is 14.9 Å². The highest BCUT2D eigenvalue weighted by Gasteiger charge is 2.09. The van der Waals surface area contributed by atoms with Gasteiger partial charge in [-0.2, -0.15) is 0 Å². The van der Waals surface area contributed by atoms with Crippen molar-refractivity contribution in [2.45, 2.75) is 26.7 Å². The van der Waals surface area contributed by atoms with Crippen LogP contribution < -0.4 is 21.3 Å². The van der Waals surface area contributed by atoms with E-state index in [-0.39, 0.29) is 22.0 Å². The summed E-state index contributed by atoms with van der Waals surface area (Å²) in [5, 5.41) is 11.4. The van der Waals surface area contributed by atoms with Crippen molar-refractivity contribution >= 4 is 57.8 Å². The topological polar surface area (TPSA) is 82.3 Å². The SMILES string of the molecule is CC(=O)NC(=S)Nc1ccc(NC(=S)NC(=O)c2ccc(C(C)C)cc2)cc1. The molecule has 2 amide bonds. The minimum Gasteiger partial charge on any atom is -0.332 e. The van der Waals surface area contributed by atoms with Gasteiger partial charge >= 0.3 is 0 Å². The van der Waals surface area contributed by atoms with Crippen LogP contribution in [0.25, 0.3) is 0 Å². The third kappa shape index (κ3) is 6.71. The zero-order valence-electron chi connectivity index (χ0n) is 15.8. The molecule has 0 aliphatic heterocycles. The minimum atomic E-state index is -0.272. The zero-order valence-corrected chi connectivity index (χ0v) is 17.5. The van der Waals surface area contributed by atoms with E-state index in [2.05, 4.69) is 35.1 Å². The molecular formula is C20H22N4O2S2. The lowest BCUT2D eigenvalue weighted by molar-refractivity contribution is -0.117. The molecule has 0 atom stereocenters. The summed E-state index contributed by atoms with van der Waals surface area (Å²) in [4.78, 5) is 23.3. The first-order valence-corrected chi connectivity index (χ1v) is 9.47. The zero-order chi connectivity index (χ0) is 20.7. The number of hydrogen-bond acceptors (Lipinski definition) is 4. The molecular weight excluding hydrogens is 392 g/mol. The highest BCUT2D eigenvalue weighted by Crippen LogP contribution is 2.15. The predicted molar refractivity (Wildman–Crippen MR) is 121 cm³/mol. The second-order valence-electron chi connectivity index (χ2n) is 6.40. The van der Waals surface area contributed by atoms with E-state index >= 15 is 0 Å². The van der Waals surface area contributed by atoms with E-state index < -0.39 is 0 Å². The third-order valence-corrected chi connectivity index (χ3v) is 4.17. The van der Waals surface area contributed by atoms with Crippen LogP contribution in [0.5, 0.6) is 0 Å². The van der Waals surface area contributed by atoms with Crippen molar-refractivity contribution in [3.8, 4) is 0 Å². The Morgan fingerprint density at radius 3 is 1.68 bits per heavy atom. The summed E-state index contributed by atoms with van der Waals surface area (Å²) in [6.45, 7) is 5.58. The van der Waals surface area contributed by atoms with Crippen LogP contribution in [0.4, 0.5) is 11.4 Å². The van der Waals surface area contributed by atoms with Gasteiger partial charge in [-0.25, -0.2) is 0 Å². The summed E-state index contributed by atoms with van der Waals surface area (Å²) < 4.78 is 0. The number of thiocarbonyl (C=S) groups is 2. The van der Waals surface area contributed by atoms with Gasteiger partial charge in [0.05, 0.1) is 0 Å². The molecule has 0 aliphatic rings. The molecule has 2 aromatic rings. The van der Waals surface area contributed by atoms with Crippen LogP contribution >= 0.6 is 24.4 Å². The van der Waals surface area contributed by atoms with Gasteiger partial charge in [0.1, 0.15) is 0 Å². The maximum absolute atomic E-state index is 12.3. The monoisotopic (exact) mass is 414 g/mol. The Hall–Kier alpha value is -2.84. The second-order valence-corrected chi connectivity index (χ2v) is 7.21. The highest BCUT2D eigenvalue weighted by molar-refractivity contribution is 7.80. The molecule has 8 heteroatoms. The average molecular weight is 415 g/mol. The largest absolute Gasteiger partial charge is 0.332 e. The second kappa shape index (κ2) is 9.91. The van der Waals surface area contributed by atoms with Crippen LogP contribution in [0, 0.1) is 0 Å². The Labute approximate surface area is 175 Å². The number of benzene rings is 2. The van der Waals surface area contributed by atoms with Crippen LogP contribution in [0.3, 0.4) is 0 Å². The van der Waals surface area contributed by atoms with Crippen molar-refractivity contribution in [1.29, 1.82) is 0 Å². The van der Waals surface area contributed by atoms with Crippen molar-refractivity contribution in [2.75, 3.05) is 10.6 Å². The summed E-state index contributed by atoms with van der Waals surface area (Å²) in [5.74, 6) is -0.104. The number of nitrogens with one attached hydrogen (secondary N) is 4. The quantitative estimate of drug-likeness (QED) is 0.570. The van der Waals surface area contributed by atoms with E-state index in [1.54, 1.807) is 36.4 Å². The summed E-state index contributed by atoms with van der Waals surface area (Å²) in [6, 6.07) is 14.5. The molecule has 0 aliphatic carbocycles. The third-order valence-electron chi connectivity index (χ3n) is 3.76. The molecule has 0 saturated heterocycles. The van der Waals surface area contributed by atoms with Crippen molar-refractivity contribution in [3.05, 3.63) is 59.7 Å². The molecule has 0 saturated carbocycles. The summed E-state index contributed by atoms with van der Waals surface area (Å²) >= 11 is 10.2. The highest BCUT2D eigenvalue weighted by atomic mass is 32.1. The van der Waals surface area contributed by atoms with E-state index in [4.69, 9.17) is 24.4 Å². The van der Waals surface area contributed by atoms with E-state index in [1.807, 2.05) is 12.1 Å². The number of carbonyl (C=O) groups excluding carboxylic acids is 2. The van der Waals surface area contributed by atoms with E-state index in [0.717, 1.165) is 0 Å². The first-order chi connectivity index (χ1) is 13.2. The minimum absolute atomic E-state index is 0.201. The van der Waals surface area contributed by atoms with Crippen LogP contribution in [0.15, 0.2) is 48.5 Å². The molecule has 0 radical (unpaired) electrons. The fourth-order valence-corrected chi connectivity index (χ4v) is 2.79. The molecule has 0 fully saturated rings. The lowest BCUT2D eigenvalue weighted by Gasteiger charge is -2.12. The van der Waals surface area contributed by atoms with Gasteiger partial charge < -0.3 is 16.0 Å². The van der Waals surface area contributed by atoms with E-state index in [9.17, 15) is 9.59 Å². The van der Waals surface area contributed by atoms with Gasteiger partial charge in [0.25, 0.3) is 5.91 Å². The van der Waals surface area contributed by atoms with Crippen LogP contribution in [-0.4, -0.2) is 22.0 Å². The summed E-state index contributed by atoms with van der Waals surface area (Å²) in [7, 11) is 0. The number of anilines is 2. The number of amides is 2. The Bertz CT molecular complexity index is 878. The fraction of sp³-hybridized carbons (Fsp3) is 0.200. The maximum atomic E-state index is 12.3. The number of rotatable bonds is 4. The molecule has 146 valence electrons. The molecule has 0 aromatic heterocycles. The lowest BCUT2D eigenvalue weighted by Crippen LogP contribution is -2.34. The molecule has 28 heavy (non-hydrogen) atoms. The molecule has 2 aromatic carbocycles. The van der Waals surface area contributed by atoms with Crippen LogP contribution in [0.1, 0.15) is 42.6 Å². The molecule has 6 nitrogen and oxygen atoms in total. The van der Waals surface area contributed by atoms with Crippen molar-refractivity contribution in [3.63, 3.8) is 0 Å². The Morgan fingerprint density at radius 2 is 1.25 bits per heavy atom. The Balaban J connectivity index is 1.89. The first kappa shape index (κ1) is 21.5. The van der Waals surface area contributed by atoms with E-state index in [0.29, 0.717) is 22.9 Å². The summed E-state index contributed by atoms with van der Waals surface area (Å²) in [5.41, 5.74) is 3.13.